The molecule has 0 spiro atoms. The predicted molar refractivity (Wildman–Crippen MR) is 88.3 cm³/mol. The van der Waals surface area contributed by atoms with Crippen molar-refractivity contribution in [3.05, 3.63) is 15.7 Å². The van der Waals surface area contributed by atoms with E-state index in [0.717, 1.165) is 25.7 Å². The van der Waals surface area contributed by atoms with Gasteiger partial charge in [0.1, 0.15) is 4.90 Å². The van der Waals surface area contributed by atoms with E-state index in [1.165, 1.54) is 17.4 Å². The van der Waals surface area contributed by atoms with Crippen LogP contribution in [-0.2, 0) is 15.6 Å². The van der Waals surface area contributed by atoms with Crippen LogP contribution in [0.25, 0.3) is 10.8 Å². The van der Waals surface area contributed by atoms with Crippen molar-refractivity contribution in [2.24, 2.45) is 10.9 Å². The first-order valence-corrected chi connectivity index (χ1v) is 9.41. The number of sulfonamides is 1. The van der Waals surface area contributed by atoms with E-state index in [1.54, 1.807) is 0 Å². The molecule has 0 amide bonds. The zero-order valence-electron chi connectivity index (χ0n) is 11.3. The molecule has 0 saturated heterocycles. The third kappa shape index (κ3) is 3.22. The average molecular weight is 430 g/mol. The SMILES string of the molecule is Cl.NC1(c2noc(-c3cc(S(N)(=O)=O)c(Br)s3)n2)CCCC1. The Morgan fingerprint density at radius 3 is 2.55 bits per heavy atom. The molecule has 0 atom stereocenters. The molecular weight excluding hydrogens is 416 g/mol. The van der Waals surface area contributed by atoms with Crippen LogP contribution >= 0.6 is 39.7 Å². The Morgan fingerprint density at radius 1 is 1.36 bits per heavy atom. The summed E-state index contributed by atoms with van der Waals surface area (Å²) in [7, 11) is -3.79. The fourth-order valence-corrected chi connectivity index (χ4v) is 5.47. The second kappa shape index (κ2) is 6.17. The molecule has 7 nitrogen and oxygen atoms in total. The van der Waals surface area contributed by atoms with Crippen molar-refractivity contribution in [3.8, 4) is 10.8 Å². The molecule has 22 heavy (non-hydrogen) atoms. The number of hydrogen-bond donors (Lipinski definition) is 2. The molecule has 1 aliphatic carbocycles. The van der Waals surface area contributed by atoms with Crippen molar-refractivity contribution in [1.29, 1.82) is 0 Å². The largest absolute Gasteiger partial charge is 0.333 e. The molecule has 0 unspecified atom stereocenters. The lowest BCUT2D eigenvalue weighted by Crippen LogP contribution is -2.34. The van der Waals surface area contributed by atoms with E-state index in [0.29, 0.717) is 14.5 Å². The first-order valence-electron chi connectivity index (χ1n) is 6.25. The van der Waals surface area contributed by atoms with Gasteiger partial charge in [0.2, 0.25) is 10.0 Å². The van der Waals surface area contributed by atoms with Crippen molar-refractivity contribution in [3.63, 3.8) is 0 Å². The topological polar surface area (TPSA) is 125 Å². The average Bonchev–Trinajstić information content (AvgIpc) is 3.05. The third-order valence-corrected chi connectivity index (χ3v) is 6.69. The molecule has 1 fully saturated rings. The van der Waals surface area contributed by atoms with Gasteiger partial charge in [-0.25, -0.2) is 13.6 Å². The number of nitrogens with two attached hydrogens (primary N) is 2. The van der Waals surface area contributed by atoms with Crippen LogP contribution in [0.15, 0.2) is 19.3 Å². The summed E-state index contributed by atoms with van der Waals surface area (Å²) >= 11 is 4.35. The smallest absolute Gasteiger partial charge is 0.268 e. The number of thiophene rings is 1. The van der Waals surface area contributed by atoms with Crippen LogP contribution in [0.4, 0.5) is 0 Å². The highest BCUT2D eigenvalue weighted by atomic mass is 79.9. The lowest BCUT2D eigenvalue weighted by molar-refractivity contribution is 0.373. The van der Waals surface area contributed by atoms with Gasteiger partial charge in [-0.05, 0) is 34.8 Å². The van der Waals surface area contributed by atoms with Crippen molar-refractivity contribution in [2.45, 2.75) is 36.1 Å². The molecule has 2 aromatic rings. The van der Waals surface area contributed by atoms with E-state index >= 15 is 0 Å². The Kier molecular flexibility index (Phi) is 5.00. The summed E-state index contributed by atoms with van der Waals surface area (Å²) in [4.78, 5) is 4.86. The maximum atomic E-state index is 11.4. The zero-order chi connectivity index (χ0) is 15.3. The van der Waals surface area contributed by atoms with Gasteiger partial charge in [-0.15, -0.1) is 23.7 Å². The maximum Gasteiger partial charge on any atom is 0.268 e. The van der Waals surface area contributed by atoms with Gasteiger partial charge >= 0.3 is 0 Å². The normalized spacial score (nSPS) is 17.4. The van der Waals surface area contributed by atoms with Gasteiger partial charge in [0, 0.05) is 0 Å². The minimum atomic E-state index is -3.79. The molecule has 0 radical (unpaired) electrons. The molecule has 0 aliphatic heterocycles. The van der Waals surface area contributed by atoms with E-state index in [1.807, 2.05) is 0 Å². The highest BCUT2D eigenvalue weighted by molar-refractivity contribution is 9.11. The van der Waals surface area contributed by atoms with E-state index in [4.69, 9.17) is 15.4 Å². The number of hydrogen-bond acceptors (Lipinski definition) is 7. The summed E-state index contributed by atoms with van der Waals surface area (Å²) in [5.41, 5.74) is 5.73. The highest BCUT2D eigenvalue weighted by Crippen LogP contribution is 2.39. The summed E-state index contributed by atoms with van der Waals surface area (Å²) in [6, 6.07) is 1.42. The lowest BCUT2D eigenvalue weighted by atomic mass is 9.99. The van der Waals surface area contributed by atoms with Crippen molar-refractivity contribution >= 4 is 49.7 Å². The molecule has 1 aliphatic rings. The Labute approximate surface area is 146 Å². The van der Waals surface area contributed by atoms with E-state index < -0.39 is 15.6 Å². The third-order valence-electron chi connectivity index (χ3n) is 3.54. The van der Waals surface area contributed by atoms with E-state index in [9.17, 15) is 8.42 Å². The predicted octanol–water partition coefficient (Wildman–Crippen LogP) is 2.36. The standard InChI is InChI=1S/C11H13BrN4O3S2.ClH/c12-8-7(21(14,17)18)5-6(20-8)9-15-10(16-19-9)11(13)3-1-2-4-11;/h5H,1-4,13H2,(H2,14,17,18);1H. The van der Waals surface area contributed by atoms with Gasteiger partial charge in [-0.1, -0.05) is 18.0 Å². The van der Waals surface area contributed by atoms with Gasteiger partial charge in [0.15, 0.2) is 5.82 Å². The van der Waals surface area contributed by atoms with Crippen LogP contribution in [0.5, 0.6) is 0 Å². The minimum Gasteiger partial charge on any atom is -0.333 e. The molecule has 3 rings (SSSR count). The molecule has 2 aromatic heterocycles. The summed E-state index contributed by atoms with van der Waals surface area (Å²) in [6.07, 6.45) is 3.73. The molecule has 11 heteroatoms. The second-order valence-corrected chi connectivity index (χ2v) is 8.98. The highest BCUT2D eigenvalue weighted by Gasteiger charge is 2.36. The van der Waals surface area contributed by atoms with E-state index in [2.05, 4.69) is 26.1 Å². The second-order valence-electron chi connectivity index (χ2n) is 5.08. The molecule has 122 valence electrons. The first kappa shape index (κ1) is 17.8. The van der Waals surface area contributed by atoms with Gasteiger partial charge < -0.3 is 10.3 Å². The Hall–Kier alpha value is -0.520. The number of nitrogens with zero attached hydrogens (tertiary/aromatic N) is 2. The van der Waals surface area contributed by atoms with Crippen LogP contribution < -0.4 is 10.9 Å². The quantitative estimate of drug-likeness (QED) is 0.771. The van der Waals surface area contributed by atoms with Gasteiger partial charge in [-0.3, -0.25) is 0 Å². The fraction of sp³-hybridized carbons (Fsp3) is 0.455. The van der Waals surface area contributed by atoms with E-state index in [-0.39, 0.29) is 23.2 Å². The molecule has 1 saturated carbocycles. The van der Waals surface area contributed by atoms with Crippen LogP contribution in [0.1, 0.15) is 31.5 Å². The fourth-order valence-electron chi connectivity index (χ4n) is 2.41. The number of rotatable bonds is 3. The number of primary sulfonamides is 1. The van der Waals surface area contributed by atoms with Crippen molar-refractivity contribution in [1.82, 2.24) is 10.1 Å². The van der Waals surface area contributed by atoms with Gasteiger partial charge in [0.05, 0.1) is 14.2 Å². The monoisotopic (exact) mass is 428 g/mol. The Bertz CT molecular complexity index is 783. The van der Waals surface area contributed by atoms with Crippen LogP contribution in [-0.4, -0.2) is 18.6 Å². The van der Waals surface area contributed by atoms with Crippen molar-refractivity contribution in [2.75, 3.05) is 0 Å². The Balaban J connectivity index is 0.00000176. The molecular formula is C11H14BrClN4O3S2. The number of halogens is 2. The van der Waals surface area contributed by atoms with Crippen molar-refractivity contribution < 1.29 is 12.9 Å². The Morgan fingerprint density at radius 2 is 2.00 bits per heavy atom. The molecule has 4 N–H and O–H groups in total. The minimum absolute atomic E-state index is 0. The van der Waals surface area contributed by atoms with Crippen LogP contribution in [0, 0.1) is 0 Å². The maximum absolute atomic E-state index is 11.4. The zero-order valence-corrected chi connectivity index (χ0v) is 15.3. The summed E-state index contributed by atoms with van der Waals surface area (Å²) in [6.45, 7) is 0. The summed E-state index contributed by atoms with van der Waals surface area (Å²) in [5.74, 6) is 0.721. The molecule has 2 heterocycles. The molecule has 0 bridgehead atoms. The van der Waals surface area contributed by atoms with Gasteiger partial charge in [0.25, 0.3) is 5.89 Å². The summed E-state index contributed by atoms with van der Waals surface area (Å²) in [5, 5.41) is 9.08. The first-order chi connectivity index (χ1) is 9.79. The lowest BCUT2D eigenvalue weighted by Gasteiger charge is -2.17. The number of aromatic nitrogens is 2. The van der Waals surface area contributed by atoms with Crippen LogP contribution in [0.3, 0.4) is 0 Å². The van der Waals surface area contributed by atoms with Gasteiger partial charge in [-0.2, -0.15) is 4.98 Å². The molecule has 0 aromatic carbocycles. The van der Waals surface area contributed by atoms with Crippen LogP contribution in [0.2, 0.25) is 0 Å². The summed E-state index contributed by atoms with van der Waals surface area (Å²) < 4.78 is 28.5.